The number of anilines is 1. The minimum absolute atomic E-state index is 0.196. The van der Waals surface area contributed by atoms with Crippen molar-refractivity contribution in [2.45, 2.75) is 65.3 Å². The number of hydrogen-bond donors (Lipinski definition) is 2. The van der Waals surface area contributed by atoms with Crippen molar-refractivity contribution in [2.24, 2.45) is 10.9 Å². The van der Waals surface area contributed by atoms with E-state index in [0.717, 1.165) is 42.0 Å². The normalized spacial score (nSPS) is 15.2. The number of benzene rings is 2. The molecule has 0 unspecified atom stereocenters. The quantitative estimate of drug-likeness (QED) is 0.313. The Bertz CT molecular complexity index is 936. The fourth-order valence-corrected chi connectivity index (χ4v) is 4.29. The molecule has 6 heteroatoms. The van der Waals surface area contributed by atoms with Crippen LogP contribution in [0.2, 0.25) is 0 Å². The highest BCUT2D eigenvalue weighted by atomic mass is 16.6. The summed E-state index contributed by atoms with van der Waals surface area (Å²) in [6.07, 6.45) is 3.85. The summed E-state index contributed by atoms with van der Waals surface area (Å²) in [5.41, 5.74) is 11.3. The van der Waals surface area contributed by atoms with Crippen molar-refractivity contribution in [2.75, 3.05) is 25.0 Å². The third kappa shape index (κ3) is 7.06. The van der Waals surface area contributed by atoms with E-state index in [9.17, 15) is 4.79 Å². The molecular weight excluding hydrogens is 412 g/mol. The Balaban J connectivity index is 1.60. The maximum absolute atomic E-state index is 12.6. The number of likely N-dealkylation sites (tertiary alicyclic amines) is 1. The van der Waals surface area contributed by atoms with Crippen LogP contribution in [0.25, 0.3) is 0 Å². The van der Waals surface area contributed by atoms with Gasteiger partial charge in [0.2, 0.25) is 0 Å². The molecule has 1 aliphatic rings. The first-order valence-corrected chi connectivity index (χ1v) is 12.0. The van der Waals surface area contributed by atoms with Gasteiger partial charge in [-0.2, -0.15) is 0 Å². The third-order valence-corrected chi connectivity index (χ3v) is 6.07. The molecule has 0 radical (unpaired) electrons. The molecule has 1 heterocycles. The predicted molar refractivity (Wildman–Crippen MR) is 135 cm³/mol. The zero-order valence-corrected chi connectivity index (χ0v) is 20.4. The highest BCUT2D eigenvalue weighted by Crippen LogP contribution is 2.32. The first-order chi connectivity index (χ1) is 15.8. The smallest absolute Gasteiger partial charge is 0.265 e. The highest BCUT2D eigenvalue weighted by molar-refractivity contribution is 5.97. The molecule has 0 spiro atoms. The van der Waals surface area contributed by atoms with Crippen molar-refractivity contribution < 1.29 is 9.63 Å². The van der Waals surface area contributed by atoms with Gasteiger partial charge in [-0.15, -0.1) is 0 Å². The van der Waals surface area contributed by atoms with Crippen molar-refractivity contribution in [3.63, 3.8) is 0 Å². The Morgan fingerprint density at radius 1 is 1.03 bits per heavy atom. The molecular formula is C27H38N4O2. The van der Waals surface area contributed by atoms with Gasteiger partial charge in [0.05, 0.1) is 0 Å². The van der Waals surface area contributed by atoms with E-state index < -0.39 is 0 Å². The van der Waals surface area contributed by atoms with Crippen LogP contribution in [0.5, 0.6) is 0 Å². The monoisotopic (exact) mass is 450 g/mol. The number of nitrogens with one attached hydrogen (secondary N) is 1. The third-order valence-electron chi connectivity index (χ3n) is 6.07. The summed E-state index contributed by atoms with van der Waals surface area (Å²) in [6, 6.07) is 14.2. The second-order valence-electron chi connectivity index (χ2n) is 9.46. The average Bonchev–Trinajstić information content (AvgIpc) is 2.79. The van der Waals surface area contributed by atoms with E-state index in [1.807, 2.05) is 24.3 Å². The number of oxime groups is 1. The van der Waals surface area contributed by atoms with Crippen molar-refractivity contribution in [1.82, 2.24) is 4.90 Å². The van der Waals surface area contributed by atoms with Gasteiger partial charge in [0, 0.05) is 17.8 Å². The number of piperidine rings is 1. The number of para-hydroxylation sites is 1. The second-order valence-corrected chi connectivity index (χ2v) is 9.46. The van der Waals surface area contributed by atoms with Crippen molar-refractivity contribution >= 4 is 17.4 Å². The van der Waals surface area contributed by atoms with Gasteiger partial charge in [0.25, 0.3) is 5.91 Å². The number of carbonyl (C=O) groups excluding carboxylic acids is 1. The molecule has 0 aliphatic carbocycles. The van der Waals surface area contributed by atoms with E-state index in [0.29, 0.717) is 11.8 Å². The van der Waals surface area contributed by atoms with Crippen LogP contribution < -0.4 is 11.1 Å². The van der Waals surface area contributed by atoms with Gasteiger partial charge in [-0.05, 0) is 60.5 Å². The van der Waals surface area contributed by atoms with E-state index >= 15 is 0 Å². The van der Waals surface area contributed by atoms with Crippen LogP contribution >= 0.6 is 0 Å². The first kappa shape index (κ1) is 24.8. The van der Waals surface area contributed by atoms with E-state index in [1.165, 1.54) is 24.8 Å². The average molecular weight is 451 g/mol. The molecule has 0 atom stereocenters. The van der Waals surface area contributed by atoms with Crippen LogP contribution in [-0.4, -0.2) is 36.3 Å². The van der Waals surface area contributed by atoms with Crippen molar-refractivity contribution in [3.05, 3.63) is 64.7 Å². The standard InChI is InChI=1S/C27H38N4O2/c1-19(2)23-12-9-13-24(20(3)4)26(23)29-25(32)18-33-30-27(28)22-11-8-10-21(16-22)17-31-14-6-5-7-15-31/h8-13,16,19-20H,5-7,14-15,17-18H2,1-4H3,(H2,28,30)(H,29,32). The largest absolute Gasteiger partial charge is 0.384 e. The summed E-state index contributed by atoms with van der Waals surface area (Å²) >= 11 is 0. The number of amidine groups is 1. The molecule has 3 rings (SSSR count). The molecule has 3 N–H and O–H groups in total. The SMILES string of the molecule is CC(C)c1cccc(C(C)C)c1NC(=O)CO/N=C(\N)c1cccc(CN2CCCCC2)c1. The molecule has 178 valence electrons. The van der Waals surface area contributed by atoms with Gasteiger partial charge in [0.1, 0.15) is 0 Å². The van der Waals surface area contributed by atoms with Gasteiger partial charge >= 0.3 is 0 Å². The van der Waals surface area contributed by atoms with E-state index in [-0.39, 0.29) is 18.3 Å². The lowest BCUT2D eigenvalue weighted by molar-refractivity contribution is -0.120. The fraction of sp³-hybridized carbons (Fsp3) is 0.481. The fourth-order valence-electron chi connectivity index (χ4n) is 4.29. The summed E-state index contributed by atoms with van der Waals surface area (Å²) < 4.78 is 0. The van der Waals surface area contributed by atoms with Crippen LogP contribution in [0.15, 0.2) is 47.6 Å². The molecule has 1 fully saturated rings. The lowest BCUT2D eigenvalue weighted by Crippen LogP contribution is -2.29. The van der Waals surface area contributed by atoms with Crippen molar-refractivity contribution in [1.29, 1.82) is 0 Å². The zero-order chi connectivity index (χ0) is 23.8. The van der Waals surface area contributed by atoms with E-state index in [2.05, 4.69) is 61.3 Å². The Labute approximate surface area is 198 Å². The Kier molecular flexibility index (Phi) is 8.89. The maximum Gasteiger partial charge on any atom is 0.265 e. The summed E-state index contributed by atoms with van der Waals surface area (Å²) in [4.78, 5) is 20.4. The first-order valence-electron chi connectivity index (χ1n) is 12.0. The highest BCUT2D eigenvalue weighted by Gasteiger charge is 2.16. The Morgan fingerprint density at radius 3 is 2.30 bits per heavy atom. The lowest BCUT2D eigenvalue weighted by atomic mass is 9.92. The summed E-state index contributed by atoms with van der Waals surface area (Å²) in [5.74, 6) is 0.616. The van der Waals surface area contributed by atoms with Crippen LogP contribution in [-0.2, 0) is 16.2 Å². The molecule has 33 heavy (non-hydrogen) atoms. The summed E-state index contributed by atoms with van der Waals surface area (Å²) in [6.45, 7) is 11.5. The van der Waals surface area contributed by atoms with Gasteiger partial charge in [-0.1, -0.05) is 75.7 Å². The van der Waals surface area contributed by atoms with Gasteiger partial charge in [-0.25, -0.2) is 0 Å². The Hall–Kier alpha value is -2.86. The van der Waals surface area contributed by atoms with Gasteiger partial charge in [0.15, 0.2) is 12.4 Å². The molecule has 1 saturated heterocycles. The number of nitrogens with two attached hydrogens (primary N) is 1. The molecule has 1 amide bonds. The number of rotatable bonds is 9. The van der Waals surface area contributed by atoms with E-state index in [1.54, 1.807) is 0 Å². The maximum atomic E-state index is 12.6. The van der Waals surface area contributed by atoms with Gasteiger partial charge < -0.3 is 15.9 Å². The molecule has 0 bridgehead atoms. The van der Waals surface area contributed by atoms with Crippen LogP contribution in [0, 0.1) is 0 Å². The molecule has 6 nitrogen and oxygen atoms in total. The van der Waals surface area contributed by atoms with Crippen molar-refractivity contribution in [3.8, 4) is 0 Å². The molecule has 0 saturated carbocycles. The zero-order valence-electron chi connectivity index (χ0n) is 20.4. The van der Waals surface area contributed by atoms with Crippen LogP contribution in [0.4, 0.5) is 5.69 Å². The van der Waals surface area contributed by atoms with Crippen LogP contribution in [0.1, 0.15) is 81.0 Å². The lowest BCUT2D eigenvalue weighted by Gasteiger charge is -2.26. The minimum Gasteiger partial charge on any atom is -0.384 e. The molecule has 2 aromatic carbocycles. The van der Waals surface area contributed by atoms with Gasteiger partial charge in [-0.3, -0.25) is 9.69 Å². The number of nitrogens with zero attached hydrogens (tertiary/aromatic N) is 2. The molecule has 0 aromatic heterocycles. The molecule has 2 aromatic rings. The second kappa shape index (κ2) is 11.8. The molecule has 1 aliphatic heterocycles. The summed E-state index contributed by atoms with van der Waals surface area (Å²) in [7, 11) is 0. The summed E-state index contributed by atoms with van der Waals surface area (Å²) in [5, 5.41) is 7.03. The number of hydrogen-bond acceptors (Lipinski definition) is 4. The number of amides is 1. The topological polar surface area (TPSA) is 79.9 Å². The Morgan fingerprint density at radius 2 is 1.67 bits per heavy atom. The number of carbonyl (C=O) groups is 1. The minimum atomic E-state index is -0.250. The predicted octanol–water partition coefficient (Wildman–Crippen LogP) is 5.19. The van der Waals surface area contributed by atoms with Crippen LogP contribution in [0.3, 0.4) is 0 Å². The van der Waals surface area contributed by atoms with E-state index in [4.69, 9.17) is 10.6 Å².